The molecule has 0 amide bonds. The highest BCUT2D eigenvalue weighted by atomic mass is 15.1. The van der Waals surface area contributed by atoms with E-state index in [2.05, 4.69) is 41.3 Å². The summed E-state index contributed by atoms with van der Waals surface area (Å²) in [4.78, 5) is 2.53. The fraction of sp³-hybridized carbons (Fsp3) is 0.533. The summed E-state index contributed by atoms with van der Waals surface area (Å²) in [6, 6.07) is 13.2. The normalized spacial score (nSPS) is 32.3. The Bertz CT molecular complexity index is 406. The van der Waals surface area contributed by atoms with E-state index >= 15 is 0 Å². The predicted molar refractivity (Wildman–Crippen MR) is 67.0 cm³/mol. The molecule has 1 heterocycles. The van der Waals surface area contributed by atoms with Crippen molar-refractivity contribution in [3.63, 3.8) is 0 Å². The van der Waals surface area contributed by atoms with Gasteiger partial charge in [-0.05, 0) is 30.2 Å². The molecule has 1 aromatic carbocycles. The molecule has 88 valence electrons. The molecule has 3 atom stereocenters. The van der Waals surface area contributed by atoms with Crippen molar-refractivity contribution in [2.24, 2.45) is 17.8 Å². The minimum Gasteiger partial charge on any atom is -0.298 e. The molecule has 0 aromatic heterocycles. The molecule has 0 N–H and O–H groups in total. The van der Waals surface area contributed by atoms with Gasteiger partial charge in [-0.15, -0.1) is 0 Å². The zero-order valence-electron chi connectivity index (χ0n) is 10.0. The molecular formula is C15H18N2. The molecule has 1 aliphatic heterocycles. The number of nitrogens with zero attached hydrogens (tertiary/aromatic N) is 2. The number of hydrogen-bond donors (Lipinski definition) is 0. The van der Waals surface area contributed by atoms with Crippen molar-refractivity contribution in [3.05, 3.63) is 35.9 Å². The summed E-state index contributed by atoms with van der Waals surface area (Å²) in [5.74, 6) is 1.59. The Hall–Kier alpha value is -1.33. The van der Waals surface area contributed by atoms with E-state index in [1.54, 1.807) is 0 Å². The lowest BCUT2D eigenvalue weighted by molar-refractivity contribution is 0.129. The Labute approximate surface area is 103 Å². The Morgan fingerprint density at radius 3 is 2.35 bits per heavy atom. The molecule has 2 fully saturated rings. The molecule has 1 saturated carbocycles. The average Bonchev–Trinajstić information content (AvgIpc) is 2.61. The molecule has 2 aliphatic rings. The predicted octanol–water partition coefficient (Wildman–Crippen LogP) is 2.67. The van der Waals surface area contributed by atoms with Crippen LogP contribution in [0.4, 0.5) is 0 Å². The summed E-state index contributed by atoms with van der Waals surface area (Å²) in [6.07, 6.45) is 2.52. The van der Waals surface area contributed by atoms with Crippen molar-refractivity contribution in [3.8, 4) is 6.07 Å². The monoisotopic (exact) mass is 226 g/mol. The fourth-order valence-electron chi connectivity index (χ4n) is 3.50. The van der Waals surface area contributed by atoms with Crippen LogP contribution in [0.3, 0.4) is 0 Å². The maximum atomic E-state index is 9.18. The van der Waals surface area contributed by atoms with Crippen molar-refractivity contribution in [1.82, 2.24) is 4.90 Å². The van der Waals surface area contributed by atoms with Gasteiger partial charge < -0.3 is 0 Å². The van der Waals surface area contributed by atoms with Gasteiger partial charge in [-0.3, -0.25) is 4.90 Å². The first-order valence-corrected chi connectivity index (χ1v) is 6.52. The molecular weight excluding hydrogens is 208 g/mol. The van der Waals surface area contributed by atoms with E-state index < -0.39 is 0 Å². The molecule has 17 heavy (non-hydrogen) atoms. The van der Waals surface area contributed by atoms with Crippen LogP contribution in [0.1, 0.15) is 18.4 Å². The molecule has 0 spiro atoms. The summed E-state index contributed by atoms with van der Waals surface area (Å²) >= 11 is 0. The topological polar surface area (TPSA) is 27.0 Å². The zero-order chi connectivity index (χ0) is 11.7. The molecule has 2 heteroatoms. The number of fused-ring (bicyclic) bond motifs is 2. The van der Waals surface area contributed by atoms with Gasteiger partial charge in [-0.1, -0.05) is 30.3 Å². The molecule has 0 radical (unpaired) electrons. The van der Waals surface area contributed by atoms with Crippen LogP contribution >= 0.6 is 0 Å². The van der Waals surface area contributed by atoms with Crippen LogP contribution in [-0.2, 0) is 6.54 Å². The Morgan fingerprint density at radius 1 is 1.12 bits per heavy atom. The highest BCUT2D eigenvalue weighted by Gasteiger charge is 2.41. The van der Waals surface area contributed by atoms with Gasteiger partial charge >= 0.3 is 0 Å². The first-order chi connectivity index (χ1) is 8.36. The van der Waals surface area contributed by atoms with Gasteiger partial charge in [-0.25, -0.2) is 0 Å². The van der Waals surface area contributed by atoms with Crippen molar-refractivity contribution in [2.75, 3.05) is 13.1 Å². The molecule has 3 rings (SSSR count). The van der Waals surface area contributed by atoms with E-state index in [1.807, 2.05) is 0 Å². The second-order valence-electron chi connectivity index (χ2n) is 5.43. The van der Waals surface area contributed by atoms with E-state index in [-0.39, 0.29) is 0 Å². The van der Waals surface area contributed by atoms with Crippen LogP contribution in [0.5, 0.6) is 0 Å². The minimum atomic E-state index is 0.335. The van der Waals surface area contributed by atoms with Crippen molar-refractivity contribution in [1.29, 1.82) is 5.26 Å². The zero-order valence-corrected chi connectivity index (χ0v) is 10.0. The SMILES string of the molecule is N#C[C@H]1[C@@H]2CC[C@H]1CN(Cc1ccccc1)C2. The van der Waals surface area contributed by atoms with Gasteiger partial charge in [0.1, 0.15) is 0 Å². The number of likely N-dealkylation sites (tertiary alicyclic amines) is 1. The van der Waals surface area contributed by atoms with E-state index in [1.165, 1.54) is 18.4 Å². The molecule has 1 aromatic rings. The third kappa shape index (κ3) is 2.08. The van der Waals surface area contributed by atoms with Gasteiger partial charge in [-0.2, -0.15) is 5.26 Å². The van der Waals surface area contributed by atoms with Gasteiger partial charge in [0.2, 0.25) is 0 Å². The third-order valence-corrected chi connectivity index (χ3v) is 4.31. The summed E-state index contributed by atoms with van der Waals surface area (Å²) in [5.41, 5.74) is 1.39. The minimum absolute atomic E-state index is 0.335. The van der Waals surface area contributed by atoms with Crippen LogP contribution in [-0.4, -0.2) is 18.0 Å². The highest BCUT2D eigenvalue weighted by Crippen LogP contribution is 2.41. The first kappa shape index (κ1) is 10.8. The summed E-state index contributed by atoms with van der Waals surface area (Å²) in [6.45, 7) is 3.28. The van der Waals surface area contributed by atoms with Crippen LogP contribution in [0, 0.1) is 29.1 Å². The Balaban J connectivity index is 1.67. The lowest BCUT2D eigenvalue weighted by Crippen LogP contribution is -2.40. The number of hydrogen-bond acceptors (Lipinski definition) is 2. The van der Waals surface area contributed by atoms with E-state index in [4.69, 9.17) is 0 Å². The largest absolute Gasteiger partial charge is 0.298 e. The standard InChI is InChI=1S/C15H18N2/c16-8-15-13-6-7-14(15)11-17(10-13)9-12-4-2-1-3-5-12/h1-5,13-15H,6-7,9-11H2/t13-,14+,15+. The number of nitriles is 1. The number of piperidine rings is 1. The smallest absolute Gasteiger partial charge is 0.0662 e. The fourth-order valence-corrected chi connectivity index (χ4v) is 3.50. The molecule has 2 bridgehead atoms. The average molecular weight is 226 g/mol. The Morgan fingerprint density at radius 2 is 1.76 bits per heavy atom. The second-order valence-corrected chi connectivity index (χ2v) is 5.43. The van der Waals surface area contributed by atoms with Crippen molar-refractivity contribution < 1.29 is 0 Å². The van der Waals surface area contributed by atoms with Crippen LogP contribution in [0.25, 0.3) is 0 Å². The third-order valence-electron chi connectivity index (χ3n) is 4.31. The Kier molecular flexibility index (Phi) is 2.86. The lowest BCUT2D eigenvalue weighted by atomic mass is 9.86. The second kappa shape index (κ2) is 4.50. The summed E-state index contributed by atoms with van der Waals surface area (Å²) in [7, 11) is 0. The summed E-state index contributed by atoms with van der Waals surface area (Å²) < 4.78 is 0. The van der Waals surface area contributed by atoms with E-state index in [9.17, 15) is 5.26 Å². The first-order valence-electron chi connectivity index (χ1n) is 6.52. The summed E-state index contributed by atoms with van der Waals surface area (Å²) in [5, 5.41) is 9.18. The van der Waals surface area contributed by atoms with E-state index in [0.717, 1.165) is 19.6 Å². The van der Waals surface area contributed by atoms with Crippen molar-refractivity contribution in [2.45, 2.75) is 19.4 Å². The lowest BCUT2D eigenvalue weighted by Gasteiger charge is -2.34. The maximum absolute atomic E-state index is 9.18. The quantitative estimate of drug-likeness (QED) is 0.775. The number of benzene rings is 1. The maximum Gasteiger partial charge on any atom is 0.0662 e. The number of rotatable bonds is 2. The van der Waals surface area contributed by atoms with Gasteiger partial charge in [0.25, 0.3) is 0 Å². The van der Waals surface area contributed by atoms with Crippen molar-refractivity contribution >= 4 is 0 Å². The molecule has 0 unspecified atom stereocenters. The van der Waals surface area contributed by atoms with Crippen LogP contribution in [0.15, 0.2) is 30.3 Å². The molecule has 1 saturated heterocycles. The van der Waals surface area contributed by atoms with Crippen LogP contribution < -0.4 is 0 Å². The van der Waals surface area contributed by atoms with Gasteiger partial charge in [0.05, 0.1) is 12.0 Å². The highest BCUT2D eigenvalue weighted by molar-refractivity contribution is 5.15. The molecule has 2 nitrogen and oxygen atoms in total. The molecule has 1 aliphatic carbocycles. The van der Waals surface area contributed by atoms with E-state index in [0.29, 0.717) is 17.8 Å². The van der Waals surface area contributed by atoms with Gasteiger partial charge in [0, 0.05) is 19.6 Å². The van der Waals surface area contributed by atoms with Crippen LogP contribution in [0.2, 0.25) is 0 Å². The van der Waals surface area contributed by atoms with Gasteiger partial charge in [0.15, 0.2) is 0 Å².